The number of carbonyl (C=O) groups is 1. The molecule has 108 valence electrons. The lowest BCUT2D eigenvalue weighted by atomic mass is 9.75. The summed E-state index contributed by atoms with van der Waals surface area (Å²) >= 11 is 0. The van der Waals surface area contributed by atoms with Crippen molar-refractivity contribution in [3.63, 3.8) is 0 Å². The van der Waals surface area contributed by atoms with E-state index in [2.05, 4.69) is 5.32 Å². The Hall–Kier alpha value is -0.650. The number of carboxylic acid groups (broad SMARTS) is 1. The fourth-order valence-corrected chi connectivity index (χ4v) is 3.58. The van der Waals surface area contributed by atoms with E-state index in [1.54, 1.807) is 0 Å². The Labute approximate surface area is 113 Å². The van der Waals surface area contributed by atoms with Gasteiger partial charge >= 0.3 is 5.97 Å². The maximum Gasteiger partial charge on any atom is 0.323 e. The van der Waals surface area contributed by atoms with Crippen LogP contribution in [-0.4, -0.2) is 48.1 Å². The van der Waals surface area contributed by atoms with Gasteiger partial charge in [-0.25, -0.2) is 0 Å². The molecule has 19 heavy (non-hydrogen) atoms. The minimum Gasteiger partial charge on any atom is -0.480 e. The molecule has 5 nitrogen and oxygen atoms in total. The summed E-state index contributed by atoms with van der Waals surface area (Å²) in [5.41, 5.74) is -0.730. The van der Waals surface area contributed by atoms with E-state index in [0.29, 0.717) is 0 Å². The van der Waals surface area contributed by atoms with E-state index >= 15 is 0 Å². The standard InChI is InChI=1S/C14H23NO4/c16-12(17)14(3-1-4-14)15-11-2-7-19-13(10-11)5-8-18-9-6-13/h11,15H,1-10H2,(H,16,17). The number of rotatable bonds is 3. The van der Waals surface area contributed by atoms with Crippen molar-refractivity contribution in [1.82, 2.24) is 5.32 Å². The van der Waals surface area contributed by atoms with Gasteiger partial charge in [0.25, 0.3) is 0 Å². The molecule has 5 heteroatoms. The molecule has 2 N–H and O–H groups in total. The molecule has 1 saturated carbocycles. The quantitative estimate of drug-likeness (QED) is 0.808. The first-order valence-electron chi connectivity index (χ1n) is 7.37. The van der Waals surface area contributed by atoms with Crippen molar-refractivity contribution in [3.8, 4) is 0 Å². The van der Waals surface area contributed by atoms with E-state index in [1.165, 1.54) is 0 Å². The van der Waals surface area contributed by atoms with Gasteiger partial charge < -0.3 is 14.6 Å². The molecular formula is C14H23NO4. The van der Waals surface area contributed by atoms with Gasteiger partial charge in [0.05, 0.1) is 5.60 Å². The summed E-state index contributed by atoms with van der Waals surface area (Å²) in [5.74, 6) is -0.689. The van der Waals surface area contributed by atoms with Gasteiger partial charge in [0.2, 0.25) is 0 Å². The van der Waals surface area contributed by atoms with E-state index in [-0.39, 0.29) is 11.6 Å². The zero-order chi connectivity index (χ0) is 13.3. The zero-order valence-electron chi connectivity index (χ0n) is 11.3. The summed E-state index contributed by atoms with van der Waals surface area (Å²) in [6, 6.07) is 0.267. The summed E-state index contributed by atoms with van der Waals surface area (Å²) < 4.78 is 11.4. The number of carboxylic acids is 1. The summed E-state index contributed by atoms with van der Waals surface area (Å²) in [5, 5.41) is 12.8. The highest BCUT2D eigenvalue weighted by molar-refractivity contribution is 5.80. The molecule has 0 radical (unpaired) electrons. The number of aliphatic carboxylic acids is 1. The molecule has 0 aromatic heterocycles. The molecular weight excluding hydrogens is 246 g/mol. The zero-order valence-corrected chi connectivity index (χ0v) is 11.3. The molecule has 2 saturated heterocycles. The van der Waals surface area contributed by atoms with Crippen molar-refractivity contribution in [2.45, 2.75) is 62.1 Å². The number of nitrogens with one attached hydrogen (secondary N) is 1. The molecule has 0 aromatic rings. The van der Waals surface area contributed by atoms with Crippen molar-refractivity contribution in [3.05, 3.63) is 0 Å². The second-order valence-electron chi connectivity index (χ2n) is 6.22. The van der Waals surface area contributed by atoms with Gasteiger partial charge in [0.15, 0.2) is 0 Å². The van der Waals surface area contributed by atoms with Crippen LogP contribution in [0.2, 0.25) is 0 Å². The lowest BCUT2D eigenvalue weighted by molar-refractivity contribution is -0.156. The molecule has 3 aliphatic rings. The normalized spacial score (nSPS) is 32.7. The van der Waals surface area contributed by atoms with Crippen LogP contribution >= 0.6 is 0 Å². The van der Waals surface area contributed by atoms with Crippen molar-refractivity contribution in [2.75, 3.05) is 19.8 Å². The van der Waals surface area contributed by atoms with Crippen LogP contribution in [0.1, 0.15) is 44.9 Å². The fourth-order valence-electron chi connectivity index (χ4n) is 3.58. The molecule has 3 fully saturated rings. The number of ether oxygens (including phenoxy) is 2. The molecule has 0 amide bonds. The first-order chi connectivity index (χ1) is 9.14. The largest absolute Gasteiger partial charge is 0.480 e. The van der Waals surface area contributed by atoms with Crippen molar-refractivity contribution in [1.29, 1.82) is 0 Å². The Balaban J connectivity index is 1.63. The fraction of sp³-hybridized carbons (Fsp3) is 0.929. The smallest absolute Gasteiger partial charge is 0.323 e. The predicted octanol–water partition coefficient (Wildman–Crippen LogP) is 1.31. The SMILES string of the molecule is O=C(O)C1(NC2CCOC3(CCOCC3)C2)CCC1. The Morgan fingerprint density at radius 3 is 2.47 bits per heavy atom. The monoisotopic (exact) mass is 269 g/mol. The van der Waals surface area contributed by atoms with Crippen LogP contribution in [0.15, 0.2) is 0 Å². The van der Waals surface area contributed by atoms with Crippen LogP contribution in [0.25, 0.3) is 0 Å². The number of hydrogen-bond donors (Lipinski definition) is 2. The van der Waals surface area contributed by atoms with E-state index in [1.807, 2.05) is 0 Å². The highest BCUT2D eigenvalue weighted by atomic mass is 16.5. The maximum absolute atomic E-state index is 11.4. The Bertz CT molecular complexity index is 342. The Morgan fingerprint density at radius 2 is 1.89 bits per heavy atom. The van der Waals surface area contributed by atoms with Crippen LogP contribution in [0.3, 0.4) is 0 Å². The van der Waals surface area contributed by atoms with Gasteiger partial charge in [0.1, 0.15) is 5.54 Å². The van der Waals surface area contributed by atoms with Gasteiger partial charge in [-0.15, -0.1) is 0 Å². The van der Waals surface area contributed by atoms with E-state index < -0.39 is 11.5 Å². The van der Waals surface area contributed by atoms with Crippen LogP contribution < -0.4 is 5.32 Å². The lowest BCUT2D eigenvalue weighted by Crippen LogP contribution is -2.63. The van der Waals surface area contributed by atoms with Crippen LogP contribution in [0.5, 0.6) is 0 Å². The number of hydrogen-bond acceptors (Lipinski definition) is 4. The van der Waals surface area contributed by atoms with Gasteiger partial charge in [-0.3, -0.25) is 10.1 Å². The topological polar surface area (TPSA) is 67.8 Å². The van der Waals surface area contributed by atoms with Crippen molar-refractivity contribution < 1.29 is 19.4 Å². The van der Waals surface area contributed by atoms with Gasteiger partial charge in [0, 0.05) is 25.9 Å². The lowest BCUT2D eigenvalue weighted by Gasteiger charge is -2.47. The van der Waals surface area contributed by atoms with Crippen LogP contribution in [0, 0.1) is 0 Å². The van der Waals surface area contributed by atoms with Gasteiger partial charge in [-0.05, 0) is 44.9 Å². The minimum absolute atomic E-state index is 0.0718. The molecule has 2 aliphatic heterocycles. The molecule has 0 bridgehead atoms. The average Bonchev–Trinajstić information content (AvgIpc) is 2.34. The third-order valence-electron chi connectivity index (χ3n) is 4.99. The van der Waals surface area contributed by atoms with Crippen molar-refractivity contribution >= 4 is 5.97 Å². The van der Waals surface area contributed by atoms with E-state index in [0.717, 1.165) is 64.8 Å². The third kappa shape index (κ3) is 2.51. The summed E-state index contributed by atoms with van der Waals surface area (Å²) in [7, 11) is 0. The van der Waals surface area contributed by atoms with Crippen LogP contribution in [-0.2, 0) is 14.3 Å². The molecule has 1 unspecified atom stereocenters. The molecule has 1 aliphatic carbocycles. The highest BCUT2D eigenvalue weighted by Crippen LogP contribution is 2.38. The molecule has 3 rings (SSSR count). The first kappa shape index (κ1) is 13.3. The first-order valence-corrected chi connectivity index (χ1v) is 7.37. The molecule has 0 aromatic carbocycles. The van der Waals surface area contributed by atoms with E-state index in [9.17, 15) is 9.90 Å². The summed E-state index contributed by atoms with van der Waals surface area (Å²) in [4.78, 5) is 11.4. The second kappa shape index (κ2) is 5.04. The summed E-state index contributed by atoms with van der Waals surface area (Å²) in [6.45, 7) is 2.25. The second-order valence-corrected chi connectivity index (χ2v) is 6.22. The Kier molecular flexibility index (Phi) is 3.53. The minimum atomic E-state index is -0.689. The molecule has 2 heterocycles. The van der Waals surface area contributed by atoms with Gasteiger partial charge in [-0.2, -0.15) is 0 Å². The van der Waals surface area contributed by atoms with Crippen LogP contribution in [0.4, 0.5) is 0 Å². The van der Waals surface area contributed by atoms with Crippen molar-refractivity contribution in [2.24, 2.45) is 0 Å². The predicted molar refractivity (Wildman–Crippen MR) is 69.1 cm³/mol. The third-order valence-corrected chi connectivity index (χ3v) is 4.99. The summed E-state index contributed by atoms with van der Waals surface area (Å²) in [6.07, 6.45) is 6.24. The van der Waals surface area contributed by atoms with E-state index in [4.69, 9.17) is 9.47 Å². The highest BCUT2D eigenvalue weighted by Gasteiger charge is 2.48. The maximum atomic E-state index is 11.4. The average molecular weight is 269 g/mol. The van der Waals surface area contributed by atoms with Gasteiger partial charge in [-0.1, -0.05) is 0 Å². The Morgan fingerprint density at radius 1 is 1.16 bits per heavy atom. The molecule has 1 spiro atoms. The molecule has 1 atom stereocenters.